The third-order valence-corrected chi connectivity index (χ3v) is 3.26. The first-order valence-corrected chi connectivity index (χ1v) is 6.98. The topological polar surface area (TPSA) is 27.1 Å². The fraction of sp³-hybridized carbons (Fsp3) is 0.400. The van der Waals surface area contributed by atoms with Crippen LogP contribution in [-0.4, -0.2) is 16.2 Å². The standard InChI is InChI=1S/C15H19ClN2O/c1-13-5-6-15(14(16)11-13)19-10-4-2-3-8-18-9-7-17-12-18/h5-7,9,11-12H,2-4,8,10H2,1H3. The van der Waals surface area contributed by atoms with Crippen molar-refractivity contribution in [3.8, 4) is 5.75 Å². The van der Waals surface area contributed by atoms with Crippen molar-refractivity contribution in [2.24, 2.45) is 0 Å². The monoisotopic (exact) mass is 278 g/mol. The lowest BCUT2D eigenvalue weighted by Crippen LogP contribution is -2.00. The Bertz CT molecular complexity index is 497. The number of aromatic nitrogens is 2. The van der Waals surface area contributed by atoms with Crippen molar-refractivity contribution in [2.75, 3.05) is 6.61 Å². The third kappa shape index (κ3) is 4.60. The number of ether oxygens (including phenoxy) is 1. The highest BCUT2D eigenvalue weighted by atomic mass is 35.5. The fourth-order valence-electron chi connectivity index (χ4n) is 1.90. The zero-order chi connectivity index (χ0) is 13.5. The summed E-state index contributed by atoms with van der Waals surface area (Å²) >= 11 is 6.10. The summed E-state index contributed by atoms with van der Waals surface area (Å²) in [6.45, 7) is 3.75. The molecule has 2 aromatic rings. The molecular formula is C15H19ClN2O. The quantitative estimate of drug-likeness (QED) is 0.713. The predicted molar refractivity (Wildman–Crippen MR) is 77.8 cm³/mol. The van der Waals surface area contributed by atoms with E-state index in [1.807, 2.05) is 43.8 Å². The van der Waals surface area contributed by atoms with Crippen molar-refractivity contribution in [1.29, 1.82) is 0 Å². The van der Waals surface area contributed by atoms with Gasteiger partial charge in [0.1, 0.15) is 5.75 Å². The van der Waals surface area contributed by atoms with E-state index in [0.29, 0.717) is 11.6 Å². The molecule has 102 valence electrons. The van der Waals surface area contributed by atoms with Crippen molar-refractivity contribution in [2.45, 2.75) is 32.7 Å². The van der Waals surface area contributed by atoms with Crippen LogP contribution in [0, 0.1) is 6.92 Å². The Morgan fingerprint density at radius 3 is 2.89 bits per heavy atom. The minimum atomic E-state index is 0.693. The van der Waals surface area contributed by atoms with Crippen LogP contribution < -0.4 is 4.74 Å². The Morgan fingerprint density at radius 1 is 1.26 bits per heavy atom. The van der Waals surface area contributed by atoms with E-state index in [2.05, 4.69) is 9.55 Å². The van der Waals surface area contributed by atoms with Gasteiger partial charge in [-0.25, -0.2) is 4.98 Å². The summed E-state index contributed by atoms with van der Waals surface area (Å²) in [7, 11) is 0. The molecule has 0 aliphatic heterocycles. The molecule has 19 heavy (non-hydrogen) atoms. The molecule has 1 aromatic carbocycles. The Labute approximate surface area is 119 Å². The second-order valence-corrected chi connectivity index (χ2v) is 5.05. The second-order valence-electron chi connectivity index (χ2n) is 4.64. The molecule has 3 nitrogen and oxygen atoms in total. The van der Waals surface area contributed by atoms with Crippen LogP contribution >= 0.6 is 11.6 Å². The summed E-state index contributed by atoms with van der Waals surface area (Å²) in [5, 5.41) is 0.693. The van der Waals surface area contributed by atoms with Gasteiger partial charge in [0.25, 0.3) is 0 Å². The maximum Gasteiger partial charge on any atom is 0.137 e. The van der Waals surface area contributed by atoms with Crippen molar-refractivity contribution in [3.05, 3.63) is 47.5 Å². The van der Waals surface area contributed by atoms with Gasteiger partial charge in [0, 0.05) is 18.9 Å². The van der Waals surface area contributed by atoms with Gasteiger partial charge in [-0.05, 0) is 43.9 Å². The summed E-state index contributed by atoms with van der Waals surface area (Å²) in [6.07, 6.45) is 8.97. The largest absolute Gasteiger partial charge is 0.492 e. The average Bonchev–Trinajstić information content (AvgIpc) is 2.89. The lowest BCUT2D eigenvalue weighted by molar-refractivity contribution is 0.304. The smallest absolute Gasteiger partial charge is 0.137 e. The SMILES string of the molecule is Cc1ccc(OCCCCCn2ccnc2)c(Cl)c1. The summed E-state index contributed by atoms with van der Waals surface area (Å²) in [5.74, 6) is 0.780. The van der Waals surface area contributed by atoms with E-state index in [-0.39, 0.29) is 0 Å². The van der Waals surface area contributed by atoms with Crippen molar-refractivity contribution in [3.63, 3.8) is 0 Å². The Kier molecular flexibility index (Phi) is 5.28. The molecular weight excluding hydrogens is 260 g/mol. The number of aryl methyl sites for hydroxylation is 2. The number of hydrogen-bond donors (Lipinski definition) is 0. The van der Waals surface area contributed by atoms with Gasteiger partial charge in [0.15, 0.2) is 0 Å². The van der Waals surface area contributed by atoms with Gasteiger partial charge in [-0.1, -0.05) is 17.7 Å². The first-order valence-electron chi connectivity index (χ1n) is 6.60. The van der Waals surface area contributed by atoms with Crippen molar-refractivity contribution in [1.82, 2.24) is 9.55 Å². The lowest BCUT2D eigenvalue weighted by atomic mass is 10.2. The van der Waals surface area contributed by atoms with Crippen LogP contribution in [0.4, 0.5) is 0 Å². The van der Waals surface area contributed by atoms with E-state index in [0.717, 1.165) is 37.1 Å². The van der Waals surface area contributed by atoms with Crippen molar-refractivity contribution >= 4 is 11.6 Å². The number of rotatable bonds is 7. The molecule has 0 fully saturated rings. The number of unbranched alkanes of at least 4 members (excludes halogenated alkanes) is 2. The van der Waals surface area contributed by atoms with Crippen LogP contribution in [0.3, 0.4) is 0 Å². The van der Waals surface area contributed by atoms with Gasteiger partial charge < -0.3 is 9.30 Å². The van der Waals surface area contributed by atoms with E-state index >= 15 is 0 Å². The number of imidazole rings is 1. The molecule has 0 atom stereocenters. The molecule has 0 unspecified atom stereocenters. The zero-order valence-corrected chi connectivity index (χ0v) is 11.9. The molecule has 0 saturated carbocycles. The molecule has 0 radical (unpaired) electrons. The van der Waals surface area contributed by atoms with Gasteiger partial charge in [0.05, 0.1) is 18.0 Å². The van der Waals surface area contributed by atoms with Crippen LogP contribution in [0.5, 0.6) is 5.75 Å². The number of benzene rings is 1. The van der Waals surface area contributed by atoms with Crippen LogP contribution in [0.1, 0.15) is 24.8 Å². The van der Waals surface area contributed by atoms with Gasteiger partial charge in [-0.15, -0.1) is 0 Å². The van der Waals surface area contributed by atoms with Crippen LogP contribution in [0.25, 0.3) is 0 Å². The highest BCUT2D eigenvalue weighted by Crippen LogP contribution is 2.25. The first-order chi connectivity index (χ1) is 9.25. The molecule has 1 aromatic heterocycles. The molecule has 0 spiro atoms. The van der Waals surface area contributed by atoms with E-state index < -0.39 is 0 Å². The van der Waals surface area contributed by atoms with Gasteiger partial charge >= 0.3 is 0 Å². The molecule has 4 heteroatoms. The first kappa shape index (κ1) is 13.9. The van der Waals surface area contributed by atoms with E-state index in [1.165, 1.54) is 0 Å². The van der Waals surface area contributed by atoms with Gasteiger partial charge in [-0.2, -0.15) is 0 Å². The van der Waals surface area contributed by atoms with Crippen LogP contribution in [0.2, 0.25) is 5.02 Å². The maximum absolute atomic E-state index is 6.10. The van der Waals surface area contributed by atoms with Gasteiger partial charge in [0.2, 0.25) is 0 Å². The lowest BCUT2D eigenvalue weighted by Gasteiger charge is -2.08. The minimum absolute atomic E-state index is 0.693. The number of halogens is 1. The Hall–Kier alpha value is -1.48. The van der Waals surface area contributed by atoms with Crippen LogP contribution in [-0.2, 0) is 6.54 Å². The highest BCUT2D eigenvalue weighted by molar-refractivity contribution is 6.32. The molecule has 1 heterocycles. The Balaban J connectivity index is 1.61. The summed E-state index contributed by atoms with van der Waals surface area (Å²) in [6, 6.07) is 5.87. The van der Waals surface area contributed by atoms with E-state index in [4.69, 9.17) is 16.3 Å². The molecule has 2 rings (SSSR count). The minimum Gasteiger partial charge on any atom is -0.492 e. The summed E-state index contributed by atoms with van der Waals surface area (Å²) < 4.78 is 7.77. The molecule has 0 N–H and O–H groups in total. The fourth-order valence-corrected chi connectivity index (χ4v) is 2.19. The summed E-state index contributed by atoms with van der Waals surface area (Å²) in [5.41, 5.74) is 1.15. The van der Waals surface area contributed by atoms with Gasteiger partial charge in [-0.3, -0.25) is 0 Å². The zero-order valence-electron chi connectivity index (χ0n) is 11.2. The van der Waals surface area contributed by atoms with Crippen molar-refractivity contribution < 1.29 is 4.74 Å². The molecule has 0 aliphatic rings. The van der Waals surface area contributed by atoms with E-state index in [1.54, 1.807) is 0 Å². The molecule has 0 bridgehead atoms. The van der Waals surface area contributed by atoms with E-state index in [9.17, 15) is 0 Å². The maximum atomic E-state index is 6.10. The molecule has 0 amide bonds. The Morgan fingerprint density at radius 2 is 2.16 bits per heavy atom. The normalized spacial score (nSPS) is 10.6. The molecule has 0 saturated heterocycles. The second kappa shape index (κ2) is 7.19. The predicted octanol–water partition coefficient (Wildman–Crippen LogP) is 4.09. The van der Waals surface area contributed by atoms with Crippen LogP contribution in [0.15, 0.2) is 36.9 Å². The highest BCUT2D eigenvalue weighted by Gasteiger charge is 2.01. The molecule has 0 aliphatic carbocycles. The average molecular weight is 279 g/mol. The summed E-state index contributed by atoms with van der Waals surface area (Å²) in [4.78, 5) is 4.02. The number of hydrogen-bond acceptors (Lipinski definition) is 2. The number of nitrogens with zero attached hydrogens (tertiary/aromatic N) is 2. The third-order valence-electron chi connectivity index (χ3n) is 2.96.